The fraction of sp³-hybridized carbons (Fsp3) is 0. The third kappa shape index (κ3) is 3.61. The Hall–Kier alpha value is -1.94. The van der Waals surface area contributed by atoms with Crippen molar-refractivity contribution in [1.82, 2.24) is 4.98 Å². The molecule has 0 aliphatic heterocycles. The molecule has 0 fully saturated rings. The van der Waals surface area contributed by atoms with Crippen molar-refractivity contribution >= 4 is 67.9 Å². The molecule has 0 unspecified atom stereocenters. The van der Waals surface area contributed by atoms with Crippen LogP contribution >= 0.6 is 45.2 Å². The van der Waals surface area contributed by atoms with Gasteiger partial charge in [-0.15, -0.1) is 0 Å². The molecule has 1 amide bonds. The first-order chi connectivity index (χ1) is 12.6. The predicted octanol–water partition coefficient (Wildman–Crippen LogP) is 5.96. The summed E-state index contributed by atoms with van der Waals surface area (Å²) in [5.41, 5.74) is 3.65. The lowest BCUT2D eigenvalue weighted by molar-refractivity contribution is 0.102. The van der Waals surface area contributed by atoms with Gasteiger partial charge in [-0.25, -0.2) is 4.98 Å². The number of oxazole rings is 1. The van der Waals surface area contributed by atoms with Gasteiger partial charge in [-0.05, 0) is 93.7 Å². The average Bonchev–Trinajstić information content (AvgIpc) is 3.05. The van der Waals surface area contributed by atoms with E-state index in [-0.39, 0.29) is 5.91 Å². The van der Waals surface area contributed by atoms with E-state index in [0.717, 1.165) is 12.7 Å². The summed E-state index contributed by atoms with van der Waals surface area (Å²) in [7, 11) is 0. The van der Waals surface area contributed by atoms with E-state index in [1.807, 2.05) is 60.7 Å². The van der Waals surface area contributed by atoms with Gasteiger partial charge in [0.05, 0.1) is 5.56 Å². The maximum absolute atomic E-state index is 12.5. The molecule has 26 heavy (non-hydrogen) atoms. The van der Waals surface area contributed by atoms with Crippen LogP contribution in [0.4, 0.5) is 5.69 Å². The van der Waals surface area contributed by atoms with Crippen molar-refractivity contribution in [1.29, 1.82) is 0 Å². The van der Waals surface area contributed by atoms with Crippen LogP contribution in [0.1, 0.15) is 10.4 Å². The molecule has 0 atom stereocenters. The second-order valence-corrected chi connectivity index (χ2v) is 8.05. The van der Waals surface area contributed by atoms with Gasteiger partial charge in [0.2, 0.25) is 5.89 Å². The predicted molar refractivity (Wildman–Crippen MR) is 119 cm³/mol. The smallest absolute Gasteiger partial charge is 0.256 e. The van der Waals surface area contributed by atoms with Crippen LogP contribution < -0.4 is 5.32 Å². The fourth-order valence-corrected chi connectivity index (χ4v) is 3.77. The number of halogens is 2. The summed E-state index contributed by atoms with van der Waals surface area (Å²) in [6, 6.07) is 20.9. The van der Waals surface area contributed by atoms with Gasteiger partial charge in [-0.2, -0.15) is 0 Å². The molecule has 0 spiro atoms. The average molecular weight is 566 g/mol. The minimum Gasteiger partial charge on any atom is -0.436 e. The maximum atomic E-state index is 12.5. The Morgan fingerprint density at radius 1 is 0.962 bits per heavy atom. The molecule has 128 valence electrons. The molecule has 0 saturated heterocycles. The van der Waals surface area contributed by atoms with E-state index in [0.29, 0.717) is 28.2 Å². The van der Waals surface area contributed by atoms with Gasteiger partial charge in [0, 0.05) is 18.4 Å². The molecule has 3 aromatic carbocycles. The van der Waals surface area contributed by atoms with Crippen LogP contribution in [0.15, 0.2) is 71.1 Å². The molecule has 4 aromatic rings. The zero-order chi connectivity index (χ0) is 18.1. The second-order valence-electron chi connectivity index (χ2n) is 5.65. The number of hydrogen-bond donors (Lipinski definition) is 1. The van der Waals surface area contributed by atoms with E-state index in [4.69, 9.17) is 4.42 Å². The Morgan fingerprint density at radius 3 is 2.62 bits per heavy atom. The number of carbonyl (C=O) groups excluding carboxylic acids is 1. The summed E-state index contributed by atoms with van der Waals surface area (Å²) < 4.78 is 7.87. The number of nitrogens with zero attached hydrogens (tertiary/aromatic N) is 1. The van der Waals surface area contributed by atoms with Crippen LogP contribution in [-0.4, -0.2) is 10.9 Å². The summed E-state index contributed by atoms with van der Waals surface area (Å²) >= 11 is 4.42. The van der Waals surface area contributed by atoms with Crippen LogP contribution in [-0.2, 0) is 0 Å². The third-order valence-corrected chi connectivity index (χ3v) is 5.45. The number of hydrogen-bond acceptors (Lipinski definition) is 3. The molecule has 0 radical (unpaired) electrons. The Morgan fingerprint density at radius 2 is 1.81 bits per heavy atom. The highest BCUT2D eigenvalue weighted by Crippen LogP contribution is 2.27. The third-order valence-electron chi connectivity index (χ3n) is 3.84. The Kier molecular flexibility index (Phi) is 4.94. The van der Waals surface area contributed by atoms with Gasteiger partial charge in [-0.1, -0.05) is 18.2 Å². The van der Waals surface area contributed by atoms with Gasteiger partial charge < -0.3 is 9.73 Å². The van der Waals surface area contributed by atoms with Crippen molar-refractivity contribution in [2.75, 3.05) is 5.32 Å². The molecule has 1 heterocycles. The molecule has 1 aromatic heterocycles. The van der Waals surface area contributed by atoms with Gasteiger partial charge >= 0.3 is 0 Å². The normalized spacial score (nSPS) is 10.8. The van der Waals surface area contributed by atoms with Crippen LogP contribution in [0.2, 0.25) is 0 Å². The molecule has 4 nitrogen and oxygen atoms in total. The lowest BCUT2D eigenvalue weighted by Gasteiger charge is -2.06. The number of benzene rings is 3. The number of anilines is 1. The zero-order valence-corrected chi connectivity index (χ0v) is 17.7. The number of amides is 1. The standard InChI is InChI=1S/C20H12I2N2O2/c21-13-5-3-4-12(10-13)20-24-17-11-14(8-9-18(17)26-20)23-19(25)15-6-1-2-7-16(15)22/h1-11H,(H,23,25). The molecule has 0 aliphatic rings. The summed E-state index contributed by atoms with van der Waals surface area (Å²) in [6.45, 7) is 0. The van der Waals surface area contributed by atoms with Crippen molar-refractivity contribution in [3.8, 4) is 11.5 Å². The van der Waals surface area contributed by atoms with Crippen molar-refractivity contribution in [3.63, 3.8) is 0 Å². The highest BCUT2D eigenvalue weighted by Gasteiger charge is 2.12. The molecule has 0 aliphatic carbocycles. The molecule has 0 bridgehead atoms. The Bertz CT molecular complexity index is 1120. The van der Waals surface area contributed by atoms with Crippen LogP contribution in [0.25, 0.3) is 22.6 Å². The monoisotopic (exact) mass is 566 g/mol. The highest BCUT2D eigenvalue weighted by molar-refractivity contribution is 14.1. The zero-order valence-electron chi connectivity index (χ0n) is 13.4. The van der Waals surface area contributed by atoms with Crippen molar-refractivity contribution in [2.45, 2.75) is 0 Å². The van der Waals surface area contributed by atoms with Crippen molar-refractivity contribution in [3.05, 3.63) is 79.4 Å². The molecule has 0 saturated carbocycles. The van der Waals surface area contributed by atoms with Gasteiger partial charge in [0.25, 0.3) is 5.91 Å². The Labute approximate surface area is 177 Å². The lowest BCUT2D eigenvalue weighted by Crippen LogP contribution is -2.13. The van der Waals surface area contributed by atoms with E-state index in [1.54, 1.807) is 6.07 Å². The first-order valence-electron chi connectivity index (χ1n) is 7.82. The molecular formula is C20H12I2N2O2. The topological polar surface area (TPSA) is 55.1 Å². The van der Waals surface area contributed by atoms with Gasteiger partial charge in [0.1, 0.15) is 5.52 Å². The number of nitrogens with one attached hydrogen (secondary N) is 1. The molecular weight excluding hydrogens is 554 g/mol. The van der Waals surface area contributed by atoms with Gasteiger partial charge in [-0.3, -0.25) is 4.79 Å². The maximum Gasteiger partial charge on any atom is 0.256 e. The van der Waals surface area contributed by atoms with E-state index in [9.17, 15) is 4.79 Å². The first-order valence-corrected chi connectivity index (χ1v) is 9.98. The minimum absolute atomic E-state index is 0.143. The Balaban J connectivity index is 1.64. The molecule has 4 rings (SSSR count). The summed E-state index contributed by atoms with van der Waals surface area (Å²) in [6.07, 6.45) is 0. The highest BCUT2D eigenvalue weighted by atomic mass is 127. The summed E-state index contributed by atoms with van der Waals surface area (Å²) in [4.78, 5) is 17.0. The van der Waals surface area contributed by atoms with Crippen LogP contribution in [0.5, 0.6) is 0 Å². The van der Waals surface area contributed by atoms with Crippen LogP contribution in [0.3, 0.4) is 0 Å². The summed E-state index contributed by atoms with van der Waals surface area (Å²) in [5, 5.41) is 2.92. The van der Waals surface area contributed by atoms with Crippen molar-refractivity contribution < 1.29 is 9.21 Å². The molecule has 6 heteroatoms. The largest absolute Gasteiger partial charge is 0.436 e. The van der Waals surface area contributed by atoms with Gasteiger partial charge in [0.15, 0.2) is 5.58 Å². The quantitative estimate of drug-likeness (QED) is 0.312. The van der Waals surface area contributed by atoms with E-state index < -0.39 is 0 Å². The number of fused-ring (bicyclic) bond motifs is 1. The van der Waals surface area contributed by atoms with E-state index >= 15 is 0 Å². The number of carbonyl (C=O) groups is 1. The first kappa shape index (κ1) is 17.5. The molecule has 1 N–H and O–H groups in total. The number of aromatic nitrogens is 1. The van der Waals surface area contributed by atoms with E-state index in [2.05, 4.69) is 55.5 Å². The SMILES string of the molecule is O=C(Nc1ccc2oc(-c3cccc(I)c3)nc2c1)c1ccccc1I. The lowest BCUT2D eigenvalue weighted by atomic mass is 10.2. The van der Waals surface area contributed by atoms with Crippen molar-refractivity contribution in [2.24, 2.45) is 0 Å². The van der Waals surface area contributed by atoms with Crippen LogP contribution in [0, 0.1) is 7.14 Å². The fourth-order valence-electron chi connectivity index (χ4n) is 2.59. The minimum atomic E-state index is -0.143. The second kappa shape index (κ2) is 7.36. The van der Waals surface area contributed by atoms with E-state index in [1.165, 1.54) is 0 Å². The number of rotatable bonds is 3. The summed E-state index contributed by atoms with van der Waals surface area (Å²) in [5.74, 6) is 0.426.